The molecule has 0 aromatic carbocycles. The topological polar surface area (TPSA) is 20.2 Å². The monoisotopic (exact) mass is 252 g/mol. The highest BCUT2D eigenvalue weighted by Crippen LogP contribution is 2.34. The summed E-state index contributed by atoms with van der Waals surface area (Å²) >= 11 is 0. The van der Waals surface area contributed by atoms with Gasteiger partial charge in [0.1, 0.15) is 0 Å². The van der Waals surface area contributed by atoms with Crippen molar-refractivity contribution in [2.75, 3.05) is 0 Å². The highest BCUT2D eigenvalue weighted by Gasteiger charge is 2.23. The number of aliphatic hydroxyl groups excluding tert-OH is 1. The zero-order valence-corrected chi connectivity index (χ0v) is 12.8. The van der Waals surface area contributed by atoms with Gasteiger partial charge in [-0.2, -0.15) is 0 Å². The molecule has 0 aromatic rings. The molecule has 0 aliphatic heterocycles. The van der Waals surface area contributed by atoms with E-state index < -0.39 is 0 Å². The van der Waals surface area contributed by atoms with Crippen LogP contribution in [-0.2, 0) is 0 Å². The molecule has 1 rings (SSSR count). The number of hydrogen-bond acceptors (Lipinski definition) is 1. The van der Waals surface area contributed by atoms with Gasteiger partial charge in [0.2, 0.25) is 0 Å². The Labute approximate surface area is 114 Å². The summed E-state index contributed by atoms with van der Waals surface area (Å²) < 4.78 is 0. The molecule has 0 spiro atoms. The number of allylic oxidation sites excluding steroid dienone is 2. The Bertz CT molecular complexity index is 242. The van der Waals surface area contributed by atoms with Crippen LogP contribution < -0.4 is 0 Å². The Morgan fingerprint density at radius 2 is 1.78 bits per heavy atom. The first-order valence-corrected chi connectivity index (χ1v) is 7.63. The third-order valence-electron chi connectivity index (χ3n) is 3.63. The van der Waals surface area contributed by atoms with Gasteiger partial charge in [-0.15, -0.1) is 6.58 Å². The molecule has 0 amide bonds. The molecule has 1 aliphatic rings. The summed E-state index contributed by atoms with van der Waals surface area (Å²) in [5.74, 6) is 0.638. The smallest absolute Gasteiger partial charge is 0.0758 e. The minimum absolute atomic E-state index is 0.244. The van der Waals surface area contributed by atoms with Crippen LogP contribution in [0, 0.1) is 5.92 Å². The van der Waals surface area contributed by atoms with Crippen molar-refractivity contribution >= 4 is 0 Å². The van der Waals surface area contributed by atoms with Gasteiger partial charge in [-0.3, -0.25) is 0 Å². The fourth-order valence-corrected chi connectivity index (χ4v) is 2.86. The molecule has 1 nitrogen and oxygen atoms in total. The van der Waals surface area contributed by atoms with Crippen molar-refractivity contribution in [1.82, 2.24) is 0 Å². The molecule has 0 radical (unpaired) electrons. The molecule has 1 unspecified atom stereocenters. The van der Waals surface area contributed by atoms with E-state index in [1.54, 1.807) is 0 Å². The molecule has 106 valence electrons. The minimum Gasteiger partial charge on any atom is -0.389 e. The van der Waals surface area contributed by atoms with Gasteiger partial charge >= 0.3 is 0 Å². The molecule has 0 saturated heterocycles. The lowest BCUT2D eigenvalue weighted by Crippen LogP contribution is -2.21. The van der Waals surface area contributed by atoms with Gasteiger partial charge in [0.15, 0.2) is 0 Å². The van der Waals surface area contributed by atoms with Crippen LogP contribution in [-0.4, -0.2) is 11.2 Å². The first-order chi connectivity index (χ1) is 8.66. The predicted octanol–water partition coefficient (Wildman–Crippen LogP) is 5.26. The van der Waals surface area contributed by atoms with Crippen LogP contribution in [0.4, 0.5) is 0 Å². The fourth-order valence-electron chi connectivity index (χ4n) is 2.86. The van der Waals surface area contributed by atoms with Gasteiger partial charge in [0, 0.05) is 0 Å². The number of rotatable bonds is 5. The average molecular weight is 252 g/mol. The van der Waals surface area contributed by atoms with Gasteiger partial charge in [-0.25, -0.2) is 0 Å². The average Bonchev–Trinajstić information content (AvgIpc) is 2.39. The minimum atomic E-state index is -0.244. The van der Waals surface area contributed by atoms with Crippen LogP contribution in [0.2, 0.25) is 0 Å². The summed E-state index contributed by atoms with van der Waals surface area (Å²) in [5, 5.41) is 10.3. The normalized spacial score (nSPS) is 17.4. The zero-order valence-electron chi connectivity index (χ0n) is 12.8. The maximum atomic E-state index is 10.3. The van der Waals surface area contributed by atoms with Gasteiger partial charge in [0.05, 0.1) is 6.10 Å². The Morgan fingerprint density at radius 3 is 2.22 bits per heavy atom. The molecule has 1 fully saturated rings. The van der Waals surface area contributed by atoms with E-state index in [0.29, 0.717) is 5.92 Å². The molecule has 1 heteroatoms. The van der Waals surface area contributed by atoms with E-state index in [1.165, 1.54) is 43.3 Å². The molecular weight excluding hydrogens is 220 g/mol. The van der Waals surface area contributed by atoms with E-state index in [0.717, 1.165) is 12.8 Å². The third kappa shape index (κ3) is 5.86. The van der Waals surface area contributed by atoms with Crippen molar-refractivity contribution in [3.63, 3.8) is 0 Å². The lowest BCUT2D eigenvalue weighted by Gasteiger charge is -2.29. The fraction of sp³-hybridized carbons (Fsp3) is 0.765. The maximum absolute atomic E-state index is 10.3. The van der Waals surface area contributed by atoms with Crippen LogP contribution in [0.3, 0.4) is 0 Å². The molecule has 0 aromatic heterocycles. The van der Waals surface area contributed by atoms with E-state index in [-0.39, 0.29) is 6.10 Å². The summed E-state index contributed by atoms with van der Waals surface area (Å²) in [6.45, 7) is 12.0. The van der Waals surface area contributed by atoms with Crippen LogP contribution >= 0.6 is 0 Å². The third-order valence-corrected chi connectivity index (χ3v) is 3.63. The molecule has 1 saturated carbocycles. The highest BCUT2D eigenvalue weighted by atomic mass is 16.3. The lowest BCUT2D eigenvalue weighted by atomic mass is 9.79. The molecular formula is C17H32O. The molecule has 1 N–H and O–H groups in total. The summed E-state index contributed by atoms with van der Waals surface area (Å²) in [6.07, 6.45) is 9.96. The van der Waals surface area contributed by atoms with Crippen molar-refractivity contribution in [3.05, 3.63) is 23.8 Å². The van der Waals surface area contributed by atoms with Crippen LogP contribution in [0.25, 0.3) is 0 Å². The largest absolute Gasteiger partial charge is 0.389 e. The van der Waals surface area contributed by atoms with E-state index in [1.807, 2.05) is 19.9 Å². The standard InChI is InChI=1S/C15H26O.C2H6/c1-4-5-11-14(16)15(12(2)3)13-9-7-6-8-10-13;1-2/h4,13-14,16H,1,5-11H2,2-3H3;1-2H3. The number of hydrogen-bond donors (Lipinski definition) is 1. The summed E-state index contributed by atoms with van der Waals surface area (Å²) in [4.78, 5) is 0. The van der Waals surface area contributed by atoms with Crippen molar-refractivity contribution in [2.24, 2.45) is 5.92 Å². The van der Waals surface area contributed by atoms with E-state index in [9.17, 15) is 5.11 Å². The second kappa shape index (κ2) is 10.4. The zero-order chi connectivity index (χ0) is 14.0. The van der Waals surface area contributed by atoms with Crippen molar-refractivity contribution < 1.29 is 5.11 Å². The second-order valence-corrected chi connectivity index (χ2v) is 5.17. The van der Waals surface area contributed by atoms with Crippen molar-refractivity contribution in [2.45, 2.75) is 78.7 Å². The number of aliphatic hydroxyl groups is 1. The summed E-state index contributed by atoms with van der Waals surface area (Å²) in [6, 6.07) is 0. The Morgan fingerprint density at radius 1 is 1.22 bits per heavy atom. The van der Waals surface area contributed by atoms with Crippen molar-refractivity contribution in [3.8, 4) is 0 Å². The Balaban J connectivity index is 0.00000137. The Hall–Kier alpha value is -0.560. The first kappa shape index (κ1) is 17.4. The lowest BCUT2D eigenvalue weighted by molar-refractivity contribution is 0.178. The van der Waals surface area contributed by atoms with Gasteiger partial charge in [-0.1, -0.05) is 44.8 Å². The maximum Gasteiger partial charge on any atom is 0.0758 e. The van der Waals surface area contributed by atoms with Crippen LogP contribution in [0.15, 0.2) is 23.8 Å². The SMILES string of the molecule is C=CCCC(O)C(=C(C)C)C1CCCCC1.CC. The van der Waals surface area contributed by atoms with Gasteiger partial charge in [0.25, 0.3) is 0 Å². The van der Waals surface area contributed by atoms with E-state index in [4.69, 9.17) is 0 Å². The molecule has 0 heterocycles. The summed E-state index contributed by atoms with van der Waals surface area (Å²) in [5.41, 5.74) is 2.64. The van der Waals surface area contributed by atoms with Gasteiger partial charge < -0.3 is 5.11 Å². The highest BCUT2D eigenvalue weighted by molar-refractivity contribution is 5.18. The quantitative estimate of drug-likeness (QED) is 0.662. The van der Waals surface area contributed by atoms with Gasteiger partial charge in [-0.05, 0) is 51.0 Å². The van der Waals surface area contributed by atoms with Crippen LogP contribution in [0.1, 0.15) is 72.6 Å². The van der Waals surface area contributed by atoms with Crippen molar-refractivity contribution in [1.29, 1.82) is 0 Å². The molecule has 1 atom stereocenters. The predicted molar refractivity (Wildman–Crippen MR) is 81.7 cm³/mol. The second-order valence-electron chi connectivity index (χ2n) is 5.17. The van der Waals surface area contributed by atoms with E-state index >= 15 is 0 Å². The summed E-state index contributed by atoms with van der Waals surface area (Å²) in [7, 11) is 0. The van der Waals surface area contributed by atoms with Crippen LogP contribution in [0.5, 0.6) is 0 Å². The molecule has 0 bridgehead atoms. The van der Waals surface area contributed by atoms with E-state index in [2.05, 4.69) is 20.4 Å². The molecule has 1 aliphatic carbocycles. The first-order valence-electron chi connectivity index (χ1n) is 7.63. The Kier molecular flexibility index (Phi) is 10.0. The molecule has 18 heavy (non-hydrogen) atoms.